The second-order valence-electron chi connectivity index (χ2n) is 9.68. The van der Waals surface area contributed by atoms with Crippen LogP contribution in [0.1, 0.15) is 65.9 Å². The molecule has 8 nitrogen and oxygen atoms in total. The van der Waals surface area contributed by atoms with Gasteiger partial charge in [-0.05, 0) is 52.8 Å². The molecule has 1 aromatic heterocycles. The average Bonchev–Trinajstić information content (AvgIpc) is 2.85. The van der Waals surface area contributed by atoms with Crippen molar-refractivity contribution < 1.29 is 23.5 Å². The van der Waals surface area contributed by atoms with Gasteiger partial charge in [0, 0.05) is 12.1 Å². The number of carbonyl (C=O) groups is 2. The van der Waals surface area contributed by atoms with Crippen LogP contribution in [0.15, 0.2) is 6.07 Å². The van der Waals surface area contributed by atoms with Gasteiger partial charge in [-0.3, -0.25) is 4.68 Å². The van der Waals surface area contributed by atoms with Gasteiger partial charge in [0.05, 0.1) is 13.2 Å². The SMILES string of the molecule is CCOC(=O)c1cc(O[Si](C)(C)C(C)(C)C)nn1CC(C)NC(=O)OC(C)(C)C. The average molecular weight is 428 g/mol. The van der Waals surface area contributed by atoms with Crippen molar-refractivity contribution in [3.8, 4) is 5.88 Å². The molecule has 29 heavy (non-hydrogen) atoms. The Morgan fingerprint density at radius 3 is 2.28 bits per heavy atom. The Balaban J connectivity index is 3.04. The van der Waals surface area contributed by atoms with Crippen molar-refractivity contribution in [2.24, 2.45) is 0 Å². The van der Waals surface area contributed by atoms with Crippen LogP contribution in [0.25, 0.3) is 0 Å². The van der Waals surface area contributed by atoms with Crippen LogP contribution < -0.4 is 9.74 Å². The molecule has 0 aromatic carbocycles. The fourth-order valence-corrected chi connectivity index (χ4v) is 3.11. The maximum Gasteiger partial charge on any atom is 0.407 e. The van der Waals surface area contributed by atoms with E-state index >= 15 is 0 Å². The molecule has 0 aliphatic rings. The summed E-state index contributed by atoms with van der Waals surface area (Å²) in [5, 5.41) is 7.22. The first-order valence-electron chi connectivity index (χ1n) is 9.99. The molecule has 0 bridgehead atoms. The van der Waals surface area contributed by atoms with Crippen LogP contribution in [-0.2, 0) is 16.0 Å². The van der Waals surface area contributed by atoms with Crippen LogP contribution in [0.5, 0.6) is 5.88 Å². The molecular weight excluding hydrogens is 390 g/mol. The molecule has 0 spiro atoms. The number of hydrogen-bond acceptors (Lipinski definition) is 6. The van der Waals surface area contributed by atoms with Crippen molar-refractivity contribution >= 4 is 20.4 Å². The number of ether oxygens (including phenoxy) is 2. The number of rotatable bonds is 7. The summed E-state index contributed by atoms with van der Waals surface area (Å²) < 4.78 is 18.2. The third kappa shape index (κ3) is 7.72. The van der Waals surface area contributed by atoms with Gasteiger partial charge >= 0.3 is 12.1 Å². The van der Waals surface area contributed by atoms with E-state index in [-0.39, 0.29) is 24.2 Å². The first kappa shape index (κ1) is 25.0. The maximum atomic E-state index is 12.4. The van der Waals surface area contributed by atoms with Crippen LogP contribution in [-0.4, -0.2) is 48.4 Å². The highest BCUT2D eigenvalue weighted by Gasteiger charge is 2.40. The Bertz CT molecular complexity index is 717. The van der Waals surface area contributed by atoms with Crippen molar-refractivity contribution in [2.45, 2.75) is 91.7 Å². The third-order valence-corrected chi connectivity index (χ3v) is 8.95. The number of nitrogens with one attached hydrogen (secondary N) is 1. The number of esters is 1. The lowest BCUT2D eigenvalue weighted by Gasteiger charge is -2.35. The molecule has 0 radical (unpaired) electrons. The number of alkyl carbamates (subject to hydrolysis) is 1. The maximum absolute atomic E-state index is 12.4. The molecule has 1 rings (SSSR count). The molecule has 1 amide bonds. The molecule has 1 atom stereocenters. The van der Waals surface area contributed by atoms with Gasteiger partial charge in [-0.25, -0.2) is 9.59 Å². The van der Waals surface area contributed by atoms with E-state index in [2.05, 4.69) is 44.3 Å². The largest absolute Gasteiger partial charge is 0.530 e. The molecule has 0 fully saturated rings. The molecule has 1 aromatic rings. The van der Waals surface area contributed by atoms with E-state index in [0.29, 0.717) is 11.6 Å². The van der Waals surface area contributed by atoms with E-state index in [9.17, 15) is 9.59 Å². The minimum absolute atomic E-state index is 0.00751. The van der Waals surface area contributed by atoms with Gasteiger partial charge < -0.3 is 19.2 Å². The van der Waals surface area contributed by atoms with E-state index in [4.69, 9.17) is 13.9 Å². The monoisotopic (exact) mass is 427 g/mol. The van der Waals surface area contributed by atoms with Crippen molar-refractivity contribution in [2.75, 3.05) is 6.61 Å². The predicted molar refractivity (Wildman–Crippen MR) is 115 cm³/mol. The number of carbonyl (C=O) groups excluding carboxylic acids is 2. The van der Waals surface area contributed by atoms with Gasteiger partial charge in [-0.1, -0.05) is 20.8 Å². The second-order valence-corrected chi connectivity index (χ2v) is 14.4. The number of amides is 1. The first-order chi connectivity index (χ1) is 13.1. The van der Waals surface area contributed by atoms with Crippen LogP contribution in [0.3, 0.4) is 0 Å². The lowest BCUT2D eigenvalue weighted by molar-refractivity contribution is 0.0501. The number of nitrogens with zero attached hydrogens (tertiary/aromatic N) is 2. The normalized spacial score (nSPS) is 13.6. The molecule has 1 heterocycles. The summed E-state index contributed by atoms with van der Waals surface area (Å²) >= 11 is 0. The highest BCUT2D eigenvalue weighted by atomic mass is 28.4. The fourth-order valence-electron chi connectivity index (χ4n) is 2.18. The lowest BCUT2D eigenvalue weighted by Crippen LogP contribution is -2.44. The molecule has 1 N–H and O–H groups in total. The zero-order chi connectivity index (χ0) is 22.6. The highest BCUT2D eigenvalue weighted by Crippen LogP contribution is 2.37. The lowest BCUT2D eigenvalue weighted by atomic mass is 10.2. The molecule has 9 heteroatoms. The zero-order valence-corrected chi connectivity index (χ0v) is 20.5. The van der Waals surface area contributed by atoms with Crippen molar-refractivity contribution in [1.29, 1.82) is 0 Å². The quantitative estimate of drug-likeness (QED) is 0.513. The molecule has 0 saturated heterocycles. The summed E-state index contributed by atoms with van der Waals surface area (Å²) in [4.78, 5) is 24.4. The van der Waals surface area contributed by atoms with Crippen molar-refractivity contribution in [3.05, 3.63) is 11.8 Å². The molecule has 0 aliphatic carbocycles. The van der Waals surface area contributed by atoms with Crippen LogP contribution in [0, 0.1) is 0 Å². The fraction of sp³-hybridized carbons (Fsp3) is 0.750. The van der Waals surface area contributed by atoms with E-state index in [1.54, 1.807) is 33.8 Å². The van der Waals surface area contributed by atoms with Gasteiger partial charge in [0.25, 0.3) is 8.32 Å². The number of hydrogen-bond donors (Lipinski definition) is 1. The van der Waals surface area contributed by atoms with Gasteiger partial charge in [-0.15, -0.1) is 5.10 Å². The Morgan fingerprint density at radius 2 is 1.79 bits per heavy atom. The molecule has 166 valence electrons. The van der Waals surface area contributed by atoms with Crippen LogP contribution in [0.2, 0.25) is 18.1 Å². The van der Waals surface area contributed by atoms with E-state index in [1.807, 2.05) is 6.92 Å². The highest BCUT2D eigenvalue weighted by molar-refractivity contribution is 6.74. The Kier molecular flexibility index (Phi) is 7.92. The minimum Gasteiger partial charge on any atom is -0.530 e. The molecule has 0 aliphatic heterocycles. The first-order valence-corrected chi connectivity index (χ1v) is 12.9. The van der Waals surface area contributed by atoms with E-state index in [1.165, 1.54) is 4.68 Å². The second kappa shape index (κ2) is 9.19. The topological polar surface area (TPSA) is 91.7 Å². The van der Waals surface area contributed by atoms with E-state index in [0.717, 1.165) is 0 Å². The summed E-state index contributed by atoms with van der Waals surface area (Å²) in [6, 6.07) is 1.29. The Morgan fingerprint density at radius 1 is 1.21 bits per heavy atom. The summed E-state index contributed by atoms with van der Waals surface area (Å²) in [5.74, 6) is -0.0846. The van der Waals surface area contributed by atoms with E-state index < -0.39 is 26.0 Å². The Labute approximate surface area is 175 Å². The van der Waals surface area contributed by atoms with Gasteiger partial charge in [0.1, 0.15) is 11.3 Å². The Hall–Kier alpha value is -2.03. The minimum atomic E-state index is -2.12. The van der Waals surface area contributed by atoms with Gasteiger partial charge in [0.2, 0.25) is 5.88 Å². The van der Waals surface area contributed by atoms with Crippen LogP contribution in [0.4, 0.5) is 4.79 Å². The summed E-state index contributed by atoms with van der Waals surface area (Å²) in [6.45, 7) is 20.1. The van der Waals surface area contributed by atoms with Crippen molar-refractivity contribution in [1.82, 2.24) is 15.1 Å². The smallest absolute Gasteiger partial charge is 0.407 e. The molecule has 0 saturated carbocycles. The summed E-state index contributed by atoms with van der Waals surface area (Å²) in [7, 11) is -2.12. The molecule has 1 unspecified atom stereocenters. The zero-order valence-electron chi connectivity index (χ0n) is 19.5. The van der Waals surface area contributed by atoms with Crippen molar-refractivity contribution in [3.63, 3.8) is 0 Å². The van der Waals surface area contributed by atoms with Crippen LogP contribution >= 0.6 is 0 Å². The third-order valence-electron chi connectivity index (χ3n) is 4.62. The van der Waals surface area contributed by atoms with Gasteiger partial charge in [-0.2, -0.15) is 0 Å². The number of aromatic nitrogens is 2. The predicted octanol–water partition coefficient (Wildman–Crippen LogP) is 4.36. The summed E-state index contributed by atoms with van der Waals surface area (Å²) in [5.41, 5.74) is -0.297. The standard InChI is InChI=1S/C20H37N3O5Si/c1-11-26-17(24)15-12-16(28-29(9,10)20(6,7)8)22-23(15)13-14(2)21-18(25)27-19(3,4)5/h12,14H,11,13H2,1-10H3,(H,21,25). The van der Waals surface area contributed by atoms with Gasteiger partial charge in [0.15, 0.2) is 0 Å². The summed E-state index contributed by atoms with van der Waals surface area (Å²) in [6.07, 6.45) is -0.521. The molecular formula is C20H37N3O5Si.